The van der Waals surface area contributed by atoms with Crippen LogP contribution in [0, 0.1) is 6.92 Å². The summed E-state index contributed by atoms with van der Waals surface area (Å²) < 4.78 is 37.7. The average Bonchev–Trinajstić information content (AvgIpc) is 2.85. The van der Waals surface area contributed by atoms with Crippen LogP contribution in [0.15, 0.2) is 24.4 Å². The molecule has 0 aliphatic rings. The Hall–Kier alpha value is -1.40. The maximum Gasteiger partial charge on any atom is 0.443 e. The molecule has 0 spiro atoms. The molecule has 108 valence electrons. The third kappa shape index (κ3) is 3.37. The molecule has 1 heterocycles. The summed E-state index contributed by atoms with van der Waals surface area (Å²) in [6.07, 6.45) is -3.08. The van der Waals surface area contributed by atoms with Crippen LogP contribution in [0.25, 0.3) is 10.4 Å². The number of hydrogen-bond acceptors (Lipinski definition) is 3. The summed E-state index contributed by atoms with van der Waals surface area (Å²) >= 11 is 0.679. The van der Waals surface area contributed by atoms with Crippen LogP contribution in [0.2, 0.25) is 0 Å². The van der Waals surface area contributed by atoms with Crippen molar-refractivity contribution in [1.82, 2.24) is 10.3 Å². The van der Waals surface area contributed by atoms with Crippen molar-refractivity contribution in [3.05, 3.63) is 40.5 Å². The van der Waals surface area contributed by atoms with Gasteiger partial charge >= 0.3 is 6.18 Å². The summed E-state index contributed by atoms with van der Waals surface area (Å²) in [6.45, 7) is 5.56. The lowest BCUT2D eigenvalue weighted by atomic mass is 10.0. The van der Waals surface area contributed by atoms with Crippen LogP contribution < -0.4 is 5.32 Å². The molecule has 0 atom stereocenters. The Balaban J connectivity index is 2.27. The first kappa shape index (κ1) is 15.0. The number of aromatic nitrogens is 1. The molecule has 1 aromatic heterocycles. The Morgan fingerprint density at radius 1 is 1.30 bits per heavy atom. The van der Waals surface area contributed by atoms with E-state index in [1.807, 2.05) is 32.0 Å². The molecule has 2 nitrogen and oxygen atoms in total. The van der Waals surface area contributed by atoms with Gasteiger partial charge in [-0.1, -0.05) is 25.1 Å². The number of nitrogens with zero attached hydrogens (tertiary/aromatic N) is 1. The van der Waals surface area contributed by atoms with Crippen LogP contribution in [0.5, 0.6) is 0 Å². The molecule has 6 heteroatoms. The largest absolute Gasteiger partial charge is 0.443 e. The van der Waals surface area contributed by atoms with E-state index in [0.717, 1.165) is 29.8 Å². The van der Waals surface area contributed by atoms with Gasteiger partial charge in [0.1, 0.15) is 0 Å². The van der Waals surface area contributed by atoms with Crippen molar-refractivity contribution in [2.24, 2.45) is 0 Å². The van der Waals surface area contributed by atoms with E-state index in [0.29, 0.717) is 16.2 Å². The number of alkyl halides is 3. The molecule has 0 saturated heterocycles. The SMILES string of the molecule is CCNCc1ccc(-c2cnc(C(F)(F)F)s2)c(C)c1. The second kappa shape index (κ2) is 5.93. The lowest BCUT2D eigenvalue weighted by Crippen LogP contribution is -2.11. The minimum Gasteiger partial charge on any atom is -0.313 e. The first-order chi connectivity index (χ1) is 9.41. The molecule has 0 amide bonds. The molecular formula is C14H15F3N2S. The maximum atomic E-state index is 12.6. The summed E-state index contributed by atoms with van der Waals surface area (Å²) in [5.41, 5.74) is 2.88. The van der Waals surface area contributed by atoms with Crippen molar-refractivity contribution in [3.63, 3.8) is 0 Å². The summed E-state index contributed by atoms with van der Waals surface area (Å²) in [5.74, 6) is 0. The van der Waals surface area contributed by atoms with Crippen molar-refractivity contribution >= 4 is 11.3 Å². The number of rotatable bonds is 4. The molecule has 1 aromatic carbocycles. The van der Waals surface area contributed by atoms with Crippen LogP contribution in [-0.4, -0.2) is 11.5 Å². The number of benzene rings is 1. The maximum absolute atomic E-state index is 12.6. The fourth-order valence-corrected chi connectivity index (χ4v) is 2.79. The summed E-state index contributed by atoms with van der Waals surface area (Å²) in [5, 5.41) is 2.41. The van der Waals surface area contributed by atoms with Gasteiger partial charge in [-0.05, 0) is 30.2 Å². The first-order valence-electron chi connectivity index (χ1n) is 6.25. The fourth-order valence-electron chi connectivity index (χ4n) is 1.91. The molecular weight excluding hydrogens is 285 g/mol. The molecule has 2 aromatic rings. The molecule has 0 aliphatic carbocycles. The number of halogens is 3. The summed E-state index contributed by atoms with van der Waals surface area (Å²) in [6, 6.07) is 5.78. The van der Waals surface area contributed by atoms with E-state index < -0.39 is 11.2 Å². The lowest BCUT2D eigenvalue weighted by molar-refractivity contribution is -0.137. The molecule has 0 radical (unpaired) electrons. The van der Waals surface area contributed by atoms with Crippen molar-refractivity contribution in [1.29, 1.82) is 0 Å². The highest BCUT2D eigenvalue weighted by molar-refractivity contribution is 7.15. The quantitative estimate of drug-likeness (QED) is 0.913. The van der Waals surface area contributed by atoms with E-state index in [-0.39, 0.29) is 0 Å². The van der Waals surface area contributed by atoms with Gasteiger partial charge in [0, 0.05) is 12.7 Å². The second-order valence-corrected chi connectivity index (χ2v) is 5.49. The minimum absolute atomic E-state index is 0.546. The van der Waals surface area contributed by atoms with E-state index in [1.54, 1.807) is 0 Å². The molecule has 0 bridgehead atoms. The number of hydrogen-bond donors (Lipinski definition) is 1. The predicted molar refractivity (Wildman–Crippen MR) is 74.7 cm³/mol. The third-order valence-corrected chi connectivity index (χ3v) is 3.96. The van der Waals surface area contributed by atoms with Crippen molar-refractivity contribution < 1.29 is 13.2 Å². The summed E-state index contributed by atoms with van der Waals surface area (Å²) in [4.78, 5) is 4.00. The van der Waals surface area contributed by atoms with Crippen LogP contribution >= 0.6 is 11.3 Å². The van der Waals surface area contributed by atoms with Gasteiger partial charge in [0.2, 0.25) is 0 Å². The second-order valence-electron chi connectivity index (χ2n) is 4.46. The van der Waals surface area contributed by atoms with Gasteiger partial charge < -0.3 is 5.32 Å². The monoisotopic (exact) mass is 300 g/mol. The zero-order chi connectivity index (χ0) is 14.8. The molecule has 1 N–H and O–H groups in total. The predicted octanol–water partition coefficient (Wildman–Crippen LogP) is 4.25. The summed E-state index contributed by atoms with van der Waals surface area (Å²) in [7, 11) is 0. The van der Waals surface area contributed by atoms with Crippen molar-refractivity contribution in [3.8, 4) is 10.4 Å². The average molecular weight is 300 g/mol. The Kier molecular flexibility index (Phi) is 4.45. The van der Waals surface area contributed by atoms with Crippen LogP contribution in [0.3, 0.4) is 0 Å². The Labute approximate surface area is 119 Å². The van der Waals surface area contributed by atoms with E-state index in [4.69, 9.17) is 0 Å². The molecule has 0 saturated carbocycles. The highest BCUT2D eigenvalue weighted by atomic mass is 32.1. The van der Waals surface area contributed by atoms with Gasteiger partial charge in [0.25, 0.3) is 0 Å². The van der Waals surface area contributed by atoms with Crippen LogP contribution in [0.4, 0.5) is 13.2 Å². The molecule has 0 aliphatic heterocycles. The zero-order valence-electron chi connectivity index (χ0n) is 11.2. The first-order valence-corrected chi connectivity index (χ1v) is 7.07. The van der Waals surface area contributed by atoms with Gasteiger partial charge in [-0.3, -0.25) is 0 Å². The van der Waals surface area contributed by atoms with Gasteiger partial charge in [-0.25, -0.2) is 4.98 Å². The van der Waals surface area contributed by atoms with E-state index in [2.05, 4.69) is 10.3 Å². The van der Waals surface area contributed by atoms with Crippen molar-refractivity contribution in [2.75, 3.05) is 6.54 Å². The Morgan fingerprint density at radius 3 is 2.60 bits per heavy atom. The topological polar surface area (TPSA) is 24.9 Å². The lowest BCUT2D eigenvalue weighted by Gasteiger charge is -2.07. The van der Waals surface area contributed by atoms with Gasteiger partial charge in [0.05, 0.1) is 4.88 Å². The van der Waals surface area contributed by atoms with E-state index in [9.17, 15) is 13.2 Å². The van der Waals surface area contributed by atoms with E-state index >= 15 is 0 Å². The third-order valence-electron chi connectivity index (χ3n) is 2.88. The minimum atomic E-state index is -4.37. The molecule has 0 fully saturated rings. The van der Waals surface area contributed by atoms with Gasteiger partial charge in [-0.2, -0.15) is 13.2 Å². The smallest absolute Gasteiger partial charge is 0.313 e. The Bertz CT molecular complexity index is 590. The van der Waals surface area contributed by atoms with Crippen LogP contribution in [0.1, 0.15) is 23.1 Å². The number of nitrogens with one attached hydrogen (secondary N) is 1. The number of aryl methyl sites for hydroxylation is 1. The van der Waals surface area contributed by atoms with Crippen molar-refractivity contribution in [2.45, 2.75) is 26.6 Å². The molecule has 2 rings (SSSR count). The highest BCUT2D eigenvalue weighted by Crippen LogP contribution is 2.37. The van der Waals surface area contributed by atoms with Gasteiger partial charge in [-0.15, -0.1) is 11.3 Å². The molecule has 0 unspecified atom stereocenters. The van der Waals surface area contributed by atoms with Gasteiger partial charge in [0.15, 0.2) is 5.01 Å². The highest BCUT2D eigenvalue weighted by Gasteiger charge is 2.34. The molecule has 20 heavy (non-hydrogen) atoms. The van der Waals surface area contributed by atoms with Crippen LogP contribution in [-0.2, 0) is 12.7 Å². The van der Waals surface area contributed by atoms with E-state index in [1.165, 1.54) is 6.20 Å². The normalized spacial score (nSPS) is 11.8. The fraction of sp³-hybridized carbons (Fsp3) is 0.357. The standard InChI is InChI=1S/C14H15F3N2S/c1-3-18-7-10-4-5-11(9(2)6-10)12-8-19-13(20-12)14(15,16)17/h4-6,8,18H,3,7H2,1-2H3. The Morgan fingerprint density at radius 2 is 2.05 bits per heavy atom. The zero-order valence-corrected chi connectivity index (χ0v) is 12.0. The number of thiazole rings is 1.